The lowest BCUT2D eigenvalue weighted by molar-refractivity contribution is 0.307. The van der Waals surface area contributed by atoms with Gasteiger partial charge in [-0.25, -0.2) is 0 Å². The third-order valence-corrected chi connectivity index (χ3v) is 30.5. The summed E-state index contributed by atoms with van der Waals surface area (Å²) in [7, 11) is -4.13. The first-order valence-corrected chi connectivity index (χ1v) is 42.9. The standard InChI is InChI=1S/C90H122O10Si2/c1-23-43-91-81-55-72(34-36-74-58-86(96-48-28-6)76(60-84(74)94-46-26-4)38-40-78-62-90(100-52-32-10)80(64-88(78)98-50-30-8)42-54-102(68(17)18,69(19)20)70(21)22)82(92-44-24-2)56-71(81)33-35-73-57-85(95-47-27-5)75(59-83(73)93-45-25-3)37-39-77-61-89(99-51-31-9)79(63-87(77)97-49-29-7)41-53-101(65(11)12,66(13)14)67(15)16/h55-70H,23-32,43-52H2,1-22H3. The number of rotatable bonds is 36. The van der Waals surface area contributed by atoms with E-state index < -0.39 is 16.1 Å². The molecule has 5 rings (SSSR count). The zero-order chi connectivity index (χ0) is 74.8. The molecule has 0 spiro atoms. The van der Waals surface area contributed by atoms with Crippen LogP contribution >= 0.6 is 0 Å². The zero-order valence-electron chi connectivity index (χ0n) is 66.5. The second-order valence-electron chi connectivity index (χ2n) is 28.0. The largest absolute Gasteiger partial charge is 0.492 e. The van der Waals surface area contributed by atoms with Gasteiger partial charge in [0.25, 0.3) is 0 Å². The van der Waals surface area contributed by atoms with Gasteiger partial charge in [-0.05, 0) is 97.5 Å². The van der Waals surface area contributed by atoms with Gasteiger partial charge in [-0.15, -0.1) is 11.1 Å². The third-order valence-electron chi connectivity index (χ3n) is 17.9. The molecule has 0 N–H and O–H groups in total. The molecule has 10 nitrogen and oxygen atoms in total. The van der Waals surface area contributed by atoms with Crippen molar-refractivity contribution in [3.8, 4) is 128 Å². The summed E-state index contributed by atoms with van der Waals surface area (Å²) in [5.41, 5.74) is 17.6. The molecule has 0 aromatic heterocycles. The molecule has 5 aromatic carbocycles. The van der Waals surface area contributed by atoms with Gasteiger partial charge in [0.2, 0.25) is 0 Å². The Labute approximate surface area is 619 Å². The van der Waals surface area contributed by atoms with E-state index in [0.717, 1.165) is 75.3 Å². The van der Waals surface area contributed by atoms with E-state index in [1.54, 1.807) is 0 Å². The molecule has 0 bridgehead atoms. The molecule has 0 fully saturated rings. The van der Waals surface area contributed by atoms with E-state index in [9.17, 15) is 0 Å². The van der Waals surface area contributed by atoms with E-state index in [0.29, 0.717) is 201 Å². The average Bonchev–Trinajstić information content (AvgIpc) is 0.800. The van der Waals surface area contributed by atoms with E-state index in [4.69, 9.17) is 47.4 Å². The van der Waals surface area contributed by atoms with E-state index in [-0.39, 0.29) is 0 Å². The summed E-state index contributed by atoms with van der Waals surface area (Å²) >= 11 is 0. The quantitative estimate of drug-likeness (QED) is 0.0285. The summed E-state index contributed by atoms with van der Waals surface area (Å²) < 4.78 is 65.1. The van der Waals surface area contributed by atoms with E-state index in [2.05, 4.69) is 223 Å². The van der Waals surface area contributed by atoms with Crippen molar-refractivity contribution in [3.63, 3.8) is 0 Å². The lowest BCUT2D eigenvalue weighted by atomic mass is 10.0. The van der Waals surface area contributed by atoms with Gasteiger partial charge in [0.15, 0.2) is 0 Å². The van der Waals surface area contributed by atoms with Crippen molar-refractivity contribution in [2.45, 2.75) is 250 Å². The van der Waals surface area contributed by atoms with Crippen molar-refractivity contribution in [2.75, 3.05) is 66.1 Å². The van der Waals surface area contributed by atoms with Gasteiger partial charge in [-0.2, -0.15) is 0 Å². The number of ether oxygens (including phenoxy) is 10. The molecule has 0 saturated carbocycles. The topological polar surface area (TPSA) is 92.3 Å². The minimum Gasteiger partial charge on any atom is -0.492 e. The average molecular weight is 1420 g/mol. The summed E-state index contributed by atoms with van der Waals surface area (Å²) in [4.78, 5) is 0. The molecule has 0 atom stereocenters. The Morgan fingerprint density at radius 1 is 0.196 bits per heavy atom. The van der Waals surface area contributed by atoms with Crippen molar-refractivity contribution in [2.24, 2.45) is 0 Å². The molecule has 550 valence electrons. The highest BCUT2D eigenvalue weighted by Crippen LogP contribution is 2.44. The number of benzene rings is 5. The molecule has 0 aliphatic rings. The van der Waals surface area contributed by atoms with Crippen molar-refractivity contribution in [3.05, 3.63) is 116 Å². The molecule has 102 heavy (non-hydrogen) atoms. The lowest BCUT2D eigenvalue weighted by Gasteiger charge is -2.38. The predicted molar refractivity (Wildman–Crippen MR) is 430 cm³/mol. The summed E-state index contributed by atoms with van der Waals surface area (Å²) in [6.45, 7) is 53.9. The van der Waals surface area contributed by atoms with Gasteiger partial charge < -0.3 is 47.4 Å². The highest BCUT2D eigenvalue weighted by molar-refractivity contribution is 6.91. The maximum atomic E-state index is 6.55. The van der Waals surface area contributed by atoms with Crippen LogP contribution in [0.4, 0.5) is 0 Å². The van der Waals surface area contributed by atoms with Crippen LogP contribution in [0.1, 0.15) is 272 Å². The van der Waals surface area contributed by atoms with Crippen LogP contribution in [0.2, 0.25) is 33.2 Å². The maximum Gasteiger partial charge on any atom is 0.146 e. The molecule has 5 aromatic rings. The van der Waals surface area contributed by atoms with Crippen LogP contribution in [0.5, 0.6) is 57.5 Å². The second kappa shape index (κ2) is 43.8. The Bertz CT molecular complexity index is 3600. The fourth-order valence-corrected chi connectivity index (χ4v) is 23.3. The highest BCUT2D eigenvalue weighted by Gasteiger charge is 2.43. The molecule has 0 unspecified atom stereocenters. The third kappa shape index (κ3) is 23.5. The van der Waals surface area contributed by atoms with Gasteiger partial charge in [-0.1, -0.05) is 212 Å². The SMILES string of the molecule is CCCOc1cc(C#Cc2cc(OCCC)c(C#Cc3cc(OCCC)c(C#C[Si](C(C)C)(C(C)C)C(C)C)cc3OCCC)cc2OCCC)c(OCCC)cc1C#Cc1cc(OCCC)c(C#Cc2cc(OCCC)c(C#C[Si](C(C)C)(C(C)C)C(C)C)cc2OCCC)cc1OCCC. The molecule has 0 saturated heterocycles. The minimum atomic E-state index is -2.06. The molecule has 0 heterocycles. The summed E-state index contributed by atoms with van der Waals surface area (Å²) in [6.07, 6.45) is 8.06. The van der Waals surface area contributed by atoms with Gasteiger partial charge in [-0.3, -0.25) is 0 Å². The number of hydrogen-bond donors (Lipinski definition) is 0. The monoisotopic (exact) mass is 1420 g/mol. The molecule has 0 aliphatic heterocycles. The summed E-state index contributed by atoms with van der Waals surface area (Å²) in [5.74, 6) is 41.4. The van der Waals surface area contributed by atoms with Gasteiger partial charge >= 0.3 is 0 Å². The van der Waals surface area contributed by atoms with Crippen LogP contribution in [0.15, 0.2) is 60.7 Å². The normalized spacial score (nSPS) is 11.1. The first-order valence-electron chi connectivity index (χ1n) is 38.4. The molecule has 12 heteroatoms. The molecular formula is C90H122O10Si2. The summed E-state index contributed by atoms with van der Waals surface area (Å²) in [6, 6.07) is 19.7. The van der Waals surface area contributed by atoms with Crippen LogP contribution in [0.25, 0.3) is 0 Å². The van der Waals surface area contributed by atoms with Crippen molar-refractivity contribution >= 4 is 16.1 Å². The Balaban J connectivity index is 1.72. The molecule has 0 amide bonds. The lowest BCUT2D eigenvalue weighted by Crippen LogP contribution is -2.43. The predicted octanol–water partition coefficient (Wildman–Crippen LogP) is 22.3. The Morgan fingerprint density at radius 3 is 0.402 bits per heavy atom. The highest BCUT2D eigenvalue weighted by atomic mass is 28.3. The Hall–Kier alpha value is -8.11. The van der Waals surface area contributed by atoms with Crippen LogP contribution in [0, 0.1) is 70.3 Å². The van der Waals surface area contributed by atoms with Crippen LogP contribution in [-0.4, -0.2) is 82.2 Å². The minimum absolute atomic E-state index is 0.457. The van der Waals surface area contributed by atoms with Gasteiger partial charge in [0.1, 0.15) is 73.6 Å². The van der Waals surface area contributed by atoms with Crippen LogP contribution < -0.4 is 47.4 Å². The fourth-order valence-electron chi connectivity index (χ4n) is 12.8. The Kier molecular flexibility index (Phi) is 36.3. The fraction of sp³-hybridized carbons (Fsp3) is 0.533. The van der Waals surface area contributed by atoms with Crippen molar-refractivity contribution in [1.82, 2.24) is 0 Å². The van der Waals surface area contributed by atoms with Crippen molar-refractivity contribution < 1.29 is 47.4 Å². The smallest absolute Gasteiger partial charge is 0.146 e. The van der Waals surface area contributed by atoms with Gasteiger partial charge in [0.05, 0.1) is 122 Å². The van der Waals surface area contributed by atoms with Crippen LogP contribution in [0.3, 0.4) is 0 Å². The molecular weight excluding hydrogens is 1300 g/mol. The van der Waals surface area contributed by atoms with Gasteiger partial charge in [0, 0.05) is 60.7 Å². The van der Waals surface area contributed by atoms with Crippen molar-refractivity contribution in [1.29, 1.82) is 0 Å². The Morgan fingerprint density at radius 2 is 0.304 bits per heavy atom. The zero-order valence-corrected chi connectivity index (χ0v) is 68.5. The first-order chi connectivity index (χ1) is 49.1. The maximum absolute atomic E-state index is 6.55. The number of hydrogen-bond acceptors (Lipinski definition) is 10. The summed E-state index contributed by atoms with van der Waals surface area (Å²) in [5, 5.41) is 0. The first kappa shape index (κ1) is 84.5. The second-order valence-corrected chi connectivity index (χ2v) is 39.2. The van der Waals surface area contributed by atoms with Crippen LogP contribution in [-0.2, 0) is 0 Å². The van der Waals surface area contributed by atoms with E-state index >= 15 is 0 Å². The van der Waals surface area contributed by atoms with E-state index in [1.165, 1.54) is 0 Å². The molecule has 0 radical (unpaired) electrons. The van der Waals surface area contributed by atoms with E-state index in [1.807, 2.05) is 60.7 Å². The molecule has 0 aliphatic carbocycles.